The zero-order valence-electron chi connectivity index (χ0n) is 15.3. The lowest BCUT2D eigenvalue weighted by Gasteiger charge is -2.11. The topological polar surface area (TPSA) is 122 Å². The number of rotatable bonds is 7. The minimum Gasteiger partial charge on any atom is -0.478 e. The van der Waals surface area contributed by atoms with Crippen molar-refractivity contribution in [1.29, 1.82) is 0 Å². The van der Waals surface area contributed by atoms with Crippen molar-refractivity contribution in [3.8, 4) is 0 Å². The summed E-state index contributed by atoms with van der Waals surface area (Å²) in [4.78, 5) is 35.0. The van der Waals surface area contributed by atoms with E-state index >= 15 is 0 Å². The minimum atomic E-state index is -1.26. The Morgan fingerprint density at radius 3 is 2.19 bits per heavy atom. The molecule has 144 valence electrons. The fourth-order valence-electron chi connectivity index (χ4n) is 2.20. The van der Waals surface area contributed by atoms with Crippen LogP contribution < -0.4 is 5.32 Å². The lowest BCUT2D eigenvalue weighted by atomic mass is 10.1. The first-order valence-corrected chi connectivity index (χ1v) is 8.25. The molecule has 1 heterocycles. The molecule has 0 saturated carbocycles. The van der Waals surface area contributed by atoms with Crippen molar-refractivity contribution in [2.45, 2.75) is 33.2 Å². The lowest BCUT2D eigenvalue weighted by Crippen LogP contribution is -2.14. The number of aromatic nitrogens is 2. The Morgan fingerprint density at radius 1 is 1.11 bits per heavy atom. The van der Waals surface area contributed by atoms with Gasteiger partial charge in [0.1, 0.15) is 0 Å². The molecule has 1 amide bonds. The normalized spacial score (nSPS) is 10.1. The molecule has 0 unspecified atom stereocenters. The van der Waals surface area contributed by atoms with E-state index in [-0.39, 0.29) is 5.91 Å². The summed E-state index contributed by atoms with van der Waals surface area (Å²) in [5.41, 5.74) is 3.14. The largest absolute Gasteiger partial charge is 0.478 e. The van der Waals surface area contributed by atoms with E-state index in [1.54, 1.807) is 12.5 Å². The average molecular weight is 373 g/mol. The first kappa shape index (κ1) is 21.6. The molecule has 8 nitrogen and oxygen atoms in total. The Hall–Kier alpha value is -3.42. The molecule has 2 aromatic rings. The highest BCUT2D eigenvalue weighted by Gasteiger charge is 2.06. The van der Waals surface area contributed by atoms with Gasteiger partial charge < -0.3 is 20.1 Å². The molecule has 27 heavy (non-hydrogen) atoms. The van der Waals surface area contributed by atoms with Crippen LogP contribution in [0.25, 0.3) is 0 Å². The number of para-hydroxylation sites is 1. The molecule has 0 aliphatic heterocycles. The van der Waals surface area contributed by atoms with Crippen LogP contribution in [0.15, 0.2) is 49.1 Å². The Balaban J connectivity index is 0.000000387. The summed E-state index contributed by atoms with van der Waals surface area (Å²) in [6.07, 6.45) is 7.87. The van der Waals surface area contributed by atoms with Crippen LogP contribution in [0.3, 0.4) is 0 Å². The summed E-state index contributed by atoms with van der Waals surface area (Å²) >= 11 is 0. The first-order valence-electron chi connectivity index (χ1n) is 8.25. The van der Waals surface area contributed by atoms with Crippen LogP contribution in [0.5, 0.6) is 0 Å². The Labute approximate surface area is 157 Å². The van der Waals surface area contributed by atoms with Crippen LogP contribution in [-0.4, -0.2) is 37.6 Å². The van der Waals surface area contributed by atoms with Gasteiger partial charge in [0.25, 0.3) is 0 Å². The number of amides is 1. The van der Waals surface area contributed by atoms with E-state index in [0.717, 1.165) is 29.8 Å². The van der Waals surface area contributed by atoms with Crippen molar-refractivity contribution < 1.29 is 24.6 Å². The van der Waals surface area contributed by atoms with Gasteiger partial charge >= 0.3 is 11.9 Å². The molecule has 0 atom stereocenters. The van der Waals surface area contributed by atoms with Gasteiger partial charge in [-0.3, -0.25) is 4.79 Å². The van der Waals surface area contributed by atoms with Crippen molar-refractivity contribution in [3.63, 3.8) is 0 Å². The van der Waals surface area contributed by atoms with Crippen molar-refractivity contribution >= 4 is 23.5 Å². The highest BCUT2D eigenvalue weighted by atomic mass is 16.4. The molecular weight excluding hydrogens is 350 g/mol. The van der Waals surface area contributed by atoms with Crippen molar-refractivity contribution in [2.75, 3.05) is 5.32 Å². The van der Waals surface area contributed by atoms with Crippen LogP contribution >= 0.6 is 0 Å². The van der Waals surface area contributed by atoms with E-state index in [9.17, 15) is 14.4 Å². The number of aliphatic carboxylic acids is 2. The minimum absolute atomic E-state index is 0.0671. The zero-order valence-corrected chi connectivity index (χ0v) is 15.3. The number of carboxylic acid groups (broad SMARTS) is 2. The summed E-state index contributed by atoms with van der Waals surface area (Å²) in [6, 6.07) is 6.02. The summed E-state index contributed by atoms with van der Waals surface area (Å²) in [7, 11) is 0. The second kappa shape index (κ2) is 11.2. The first-order chi connectivity index (χ1) is 12.8. The summed E-state index contributed by atoms with van der Waals surface area (Å²) in [5.74, 6) is -2.45. The standard InChI is InChI=1S/C15H19N3O.C4H4O4/c1-12-5-3-6-13(2)15(12)17-14(19)7-4-9-18-10-8-16-11-18;5-3(6)1-2-4(7)8/h3,5-6,8,10-11H,4,7,9H2,1-2H3,(H,17,19);1-2H,(H,5,6)(H,7,8)/b;2-1+. The van der Waals surface area contributed by atoms with E-state index < -0.39 is 11.9 Å². The molecule has 0 aliphatic carbocycles. The molecule has 1 aromatic heterocycles. The van der Waals surface area contributed by atoms with Crippen LogP contribution in [0.2, 0.25) is 0 Å². The maximum atomic E-state index is 11.9. The van der Waals surface area contributed by atoms with Crippen LogP contribution in [0.1, 0.15) is 24.0 Å². The molecule has 0 saturated heterocycles. The second-order valence-electron chi connectivity index (χ2n) is 5.73. The molecule has 0 aliphatic rings. The van der Waals surface area contributed by atoms with Gasteiger partial charge in [0.05, 0.1) is 6.33 Å². The number of aryl methyl sites for hydroxylation is 3. The molecule has 2 rings (SSSR count). The van der Waals surface area contributed by atoms with Crippen molar-refractivity contribution in [2.24, 2.45) is 0 Å². The van der Waals surface area contributed by atoms with E-state index in [2.05, 4.69) is 10.3 Å². The van der Waals surface area contributed by atoms with Gasteiger partial charge in [-0.15, -0.1) is 0 Å². The number of hydrogen-bond acceptors (Lipinski definition) is 4. The third kappa shape index (κ3) is 9.01. The Bertz CT molecular complexity index is 761. The SMILES string of the molecule is Cc1cccc(C)c1NC(=O)CCCn1ccnc1.O=C(O)/C=C/C(=O)O. The third-order valence-corrected chi connectivity index (χ3v) is 3.49. The number of nitrogens with one attached hydrogen (secondary N) is 1. The zero-order chi connectivity index (χ0) is 20.2. The number of benzene rings is 1. The van der Waals surface area contributed by atoms with Crippen molar-refractivity contribution in [1.82, 2.24) is 9.55 Å². The maximum absolute atomic E-state index is 11.9. The van der Waals surface area contributed by atoms with Gasteiger partial charge in [0.15, 0.2) is 0 Å². The van der Waals surface area contributed by atoms with Crippen molar-refractivity contribution in [3.05, 3.63) is 60.2 Å². The van der Waals surface area contributed by atoms with E-state index in [1.807, 2.05) is 42.8 Å². The van der Waals surface area contributed by atoms with E-state index in [0.29, 0.717) is 18.6 Å². The predicted molar refractivity (Wildman–Crippen MR) is 100 cm³/mol. The summed E-state index contributed by atoms with van der Waals surface area (Å²) in [5, 5.41) is 18.6. The molecule has 0 bridgehead atoms. The number of carbonyl (C=O) groups excluding carboxylic acids is 1. The summed E-state index contributed by atoms with van der Waals surface area (Å²) < 4.78 is 1.98. The molecule has 0 radical (unpaired) electrons. The fourth-order valence-corrected chi connectivity index (χ4v) is 2.20. The lowest BCUT2D eigenvalue weighted by molar-refractivity contribution is -0.134. The second-order valence-corrected chi connectivity index (χ2v) is 5.73. The molecule has 3 N–H and O–H groups in total. The Kier molecular flexibility index (Phi) is 9.01. The van der Waals surface area contributed by atoms with E-state index in [4.69, 9.17) is 10.2 Å². The molecule has 8 heteroatoms. The van der Waals surface area contributed by atoms with Gasteiger partial charge in [-0.2, -0.15) is 0 Å². The maximum Gasteiger partial charge on any atom is 0.328 e. The van der Waals surface area contributed by atoms with Crippen LogP contribution in [-0.2, 0) is 20.9 Å². The number of carboxylic acids is 2. The molecular formula is C19H23N3O5. The predicted octanol–water partition coefficient (Wildman–Crippen LogP) is 2.63. The van der Waals surface area contributed by atoms with Gasteiger partial charge in [-0.1, -0.05) is 18.2 Å². The number of nitrogens with zero attached hydrogens (tertiary/aromatic N) is 2. The van der Waals surface area contributed by atoms with Crippen LogP contribution in [0, 0.1) is 13.8 Å². The van der Waals surface area contributed by atoms with Gasteiger partial charge in [-0.05, 0) is 31.4 Å². The monoisotopic (exact) mass is 373 g/mol. The van der Waals surface area contributed by atoms with Crippen LogP contribution in [0.4, 0.5) is 5.69 Å². The van der Waals surface area contributed by atoms with Gasteiger partial charge in [0, 0.05) is 43.2 Å². The number of anilines is 1. The average Bonchev–Trinajstić information content (AvgIpc) is 3.10. The number of hydrogen-bond donors (Lipinski definition) is 3. The highest BCUT2D eigenvalue weighted by molar-refractivity contribution is 5.92. The third-order valence-electron chi connectivity index (χ3n) is 3.49. The van der Waals surface area contributed by atoms with Gasteiger partial charge in [0.2, 0.25) is 5.91 Å². The van der Waals surface area contributed by atoms with E-state index in [1.165, 1.54) is 0 Å². The fraction of sp³-hybridized carbons (Fsp3) is 0.263. The molecule has 0 spiro atoms. The number of imidazole rings is 1. The highest BCUT2D eigenvalue weighted by Crippen LogP contribution is 2.19. The summed E-state index contributed by atoms with van der Waals surface area (Å²) in [6.45, 7) is 4.84. The molecule has 1 aromatic carbocycles. The Morgan fingerprint density at radius 2 is 1.70 bits per heavy atom. The molecule has 0 fully saturated rings. The van der Waals surface area contributed by atoms with Gasteiger partial charge in [-0.25, -0.2) is 14.6 Å². The quantitative estimate of drug-likeness (QED) is 0.642. The number of carbonyl (C=O) groups is 3. The smallest absolute Gasteiger partial charge is 0.328 e.